The first-order valence-corrected chi connectivity index (χ1v) is 7.91. The molecule has 118 valence electrons. The molecule has 4 N–H and O–H groups in total. The molecule has 0 radical (unpaired) electrons. The standard InChI is InChI=1S/C13H19N3O3S.ClH/c1-7(2)9-5-8(3)11(20(4,18)19)6-10(9)12(17)16-13(14)15;/h5-7H,1-4H3,(H4,14,15,16,17);1H. The van der Waals surface area contributed by atoms with Gasteiger partial charge in [-0.3, -0.25) is 4.79 Å². The van der Waals surface area contributed by atoms with Crippen molar-refractivity contribution in [3.05, 3.63) is 28.8 Å². The first-order valence-electron chi connectivity index (χ1n) is 6.02. The second-order valence-electron chi connectivity index (χ2n) is 4.97. The van der Waals surface area contributed by atoms with Crippen molar-refractivity contribution < 1.29 is 13.2 Å². The Balaban J connectivity index is 0.00000400. The largest absolute Gasteiger partial charge is 0.370 e. The SMILES string of the molecule is Cc1cc(C(C)C)c(C(=O)N=C(N)N)cc1S(C)(=O)=O.Cl. The van der Waals surface area contributed by atoms with Crippen LogP contribution in [0.5, 0.6) is 0 Å². The summed E-state index contributed by atoms with van der Waals surface area (Å²) in [5.74, 6) is -0.958. The Bertz CT molecular complexity index is 678. The maximum atomic E-state index is 12.0. The highest BCUT2D eigenvalue weighted by atomic mass is 35.5. The number of amides is 1. The molecular weight excluding hydrogens is 314 g/mol. The third kappa shape index (κ3) is 4.71. The first-order chi connectivity index (χ1) is 9.04. The Morgan fingerprint density at radius 3 is 2.14 bits per heavy atom. The number of nitrogens with zero attached hydrogens (tertiary/aromatic N) is 1. The number of aliphatic imine (C=N–C) groups is 1. The molecular formula is C13H20ClN3O3S. The summed E-state index contributed by atoms with van der Waals surface area (Å²) in [6.45, 7) is 5.50. The van der Waals surface area contributed by atoms with Gasteiger partial charge < -0.3 is 11.5 Å². The summed E-state index contributed by atoms with van der Waals surface area (Å²) in [5.41, 5.74) is 11.9. The third-order valence-electron chi connectivity index (χ3n) is 2.83. The Hall–Kier alpha value is -1.60. The van der Waals surface area contributed by atoms with Crippen molar-refractivity contribution in [2.24, 2.45) is 16.5 Å². The topological polar surface area (TPSA) is 116 Å². The quantitative estimate of drug-likeness (QED) is 0.640. The summed E-state index contributed by atoms with van der Waals surface area (Å²) < 4.78 is 23.5. The number of carbonyl (C=O) groups is 1. The van der Waals surface area contributed by atoms with E-state index in [0.29, 0.717) is 11.1 Å². The number of guanidine groups is 1. The molecule has 0 saturated carbocycles. The van der Waals surface area contributed by atoms with Gasteiger partial charge in [0.1, 0.15) is 0 Å². The molecule has 0 atom stereocenters. The number of sulfone groups is 1. The van der Waals surface area contributed by atoms with Crippen LogP contribution in [0, 0.1) is 6.92 Å². The number of nitrogens with two attached hydrogens (primary N) is 2. The van der Waals surface area contributed by atoms with Crippen molar-refractivity contribution in [1.29, 1.82) is 0 Å². The van der Waals surface area contributed by atoms with Crippen molar-refractivity contribution in [1.82, 2.24) is 0 Å². The lowest BCUT2D eigenvalue weighted by molar-refractivity contribution is 0.100. The van der Waals surface area contributed by atoms with Gasteiger partial charge in [0.25, 0.3) is 5.91 Å². The van der Waals surface area contributed by atoms with E-state index in [9.17, 15) is 13.2 Å². The zero-order chi connectivity index (χ0) is 15.7. The Morgan fingerprint density at radius 1 is 1.24 bits per heavy atom. The minimum Gasteiger partial charge on any atom is -0.370 e. The molecule has 1 amide bonds. The van der Waals surface area contributed by atoms with E-state index < -0.39 is 15.7 Å². The smallest absolute Gasteiger partial charge is 0.280 e. The molecule has 0 spiro atoms. The zero-order valence-electron chi connectivity index (χ0n) is 12.4. The van der Waals surface area contributed by atoms with Crippen LogP contribution in [0.4, 0.5) is 0 Å². The highest BCUT2D eigenvalue weighted by Gasteiger charge is 2.20. The molecule has 0 fully saturated rings. The molecule has 8 heteroatoms. The van der Waals surface area contributed by atoms with Gasteiger partial charge in [-0.05, 0) is 30.0 Å². The van der Waals surface area contributed by atoms with E-state index in [1.165, 1.54) is 6.07 Å². The molecule has 0 aromatic heterocycles. The lowest BCUT2D eigenvalue weighted by Gasteiger charge is -2.14. The summed E-state index contributed by atoms with van der Waals surface area (Å²) in [7, 11) is -3.42. The highest BCUT2D eigenvalue weighted by molar-refractivity contribution is 7.90. The van der Waals surface area contributed by atoms with E-state index in [0.717, 1.165) is 6.26 Å². The summed E-state index contributed by atoms with van der Waals surface area (Å²) >= 11 is 0. The van der Waals surface area contributed by atoms with Crippen LogP contribution in [0.25, 0.3) is 0 Å². The summed E-state index contributed by atoms with van der Waals surface area (Å²) in [5, 5.41) is 0. The molecule has 1 rings (SSSR count). The fraction of sp³-hybridized carbons (Fsp3) is 0.385. The summed E-state index contributed by atoms with van der Waals surface area (Å²) in [6, 6.07) is 3.03. The first kappa shape index (κ1) is 19.4. The molecule has 0 aliphatic heterocycles. The monoisotopic (exact) mass is 333 g/mol. The molecule has 0 aliphatic rings. The molecule has 6 nitrogen and oxygen atoms in total. The average Bonchev–Trinajstić information content (AvgIpc) is 2.25. The molecule has 0 aliphatic carbocycles. The van der Waals surface area contributed by atoms with Crippen molar-refractivity contribution in [3.8, 4) is 0 Å². The molecule has 0 heterocycles. The summed E-state index contributed by atoms with van der Waals surface area (Å²) in [4.78, 5) is 15.6. The van der Waals surface area contributed by atoms with E-state index in [-0.39, 0.29) is 34.7 Å². The Kier molecular flexibility index (Phi) is 6.38. The van der Waals surface area contributed by atoms with Gasteiger partial charge in [-0.15, -0.1) is 12.4 Å². The number of carbonyl (C=O) groups excluding carboxylic acids is 1. The maximum Gasteiger partial charge on any atom is 0.280 e. The van der Waals surface area contributed by atoms with Crippen molar-refractivity contribution >= 4 is 34.1 Å². The lowest BCUT2D eigenvalue weighted by atomic mass is 9.95. The fourth-order valence-corrected chi connectivity index (χ4v) is 2.93. The van der Waals surface area contributed by atoms with Crippen LogP contribution < -0.4 is 11.5 Å². The van der Waals surface area contributed by atoms with Crippen LogP contribution in [0.15, 0.2) is 22.0 Å². The number of hydrogen-bond donors (Lipinski definition) is 2. The third-order valence-corrected chi connectivity index (χ3v) is 4.07. The minimum atomic E-state index is -3.42. The highest BCUT2D eigenvalue weighted by Crippen LogP contribution is 2.26. The molecule has 0 saturated heterocycles. The van der Waals surface area contributed by atoms with E-state index in [1.54, 1.807) is 13.0 Å². The van der Waals surface area contributed by atoms with Gasteiger partial charge >= 0.3 is 0 Å². The van der Waals surface area contributed by atoms with Crippen LogP contribution >= 0.6 is 12.4 Å². The van der Waals surface area contributed by atoms with Crippen LogP contribution in [-0.2, 0) is 9.84 Å². The van der Waals surface area contributed by atoms with Crippen LogP contribution in [0.1, 0.15) is 41.3 Å². The van der Waals surface area contributed by atoms with Crippen molar-refractivity contribution in [2.45, 2.75) is 31.6 Å². The number of benzene rings is 1. The number of hydrogen-bond acceptors (Lipinski definition) is 3. The van der Waals surface area contributed by atoms with Gasteiger partial charge in [0, 0.05) is 11.8 Å². The van der Waals surface area contributed by atoms with E-state index >= 15 is 0 Å². The predicted molar refractivity (Wildman–Crippen MR) is 85.8 cm³/mol. The van der Waals surface area contributed by atoms with Gasteiger partial charge in [0.05, 0.1) is 4.90 Å². The Labute approximate surface area is 131 Å². The van der Waals surface area contributed by atoms with Gasteiger partial charge in [0.2, 0.25) is 0 Å². The maximum absolute atomic E-state index is 12.0. The van der Waals surface area contributed by atoms with Gasteiger partial charge in [-0.1, -0.05) is 19.9 Å². The fourth-order valence-electron chi connectivity index (χ4n) is 1.95. The molecule has 21 heavy (non-hydrogen) atoms. The van der Waals surface area contributed by atoms with Crippen molar-refractivity contribution in [2.75, 3.05) is 6.26 Å². The van der Waals surface area contributed by atoms with E-state index in [1.807, 2.05) is 13.8 Å². The summed E-state index contributed by atoms with van der Waals surface area (Å²) in [6.07, 6.45) is 1.10. The molecule has 1 aromatic rings. The number of halogens is 1. The molecule has 0 unspecified atom stereocenters. The van der Waals surface area contributed by atoms with Gasteiger partial charge in [-0.25, -0.2) is 8.42 Å². The molecule has 1 aromatic carbocycles. The number of aryl methyl sites for hydroxylation is 1. The van der Waals surface area contributed by atoms with Gasteiger partial charge in [0.15, 0.2) is 15.8 Å². The average molecular weight is 334 g/mol. The van der Waals surface area contributed by atoms with Crippen LogP contribution in [-0.4, -0.2) is 26.5 Å². The van der Waals surface area contributed by atoms with E-state index in [4.69, 9.17) is 11.5 Å². The van der Waals surface area contributed by atoms with Crippen molar-refractivity contribution in [3.63, 3.8) is 0 Å². The van der Waals surface area contributed by atoms with Gasteiger partial charge in [-0.2, -0.15) is 4.99 Å². The normalized spacial score (nSPS) is 10.9. The lowest BCUT2D eigenvalue weighted by Crippen LogP contribution is -2.24. The second kappa shape index (κ2) is 6.91. The number of rotatable bonds is 3. The second-order valence-corrected chi connectivity index (χ2v) is 6.96. The zero-order valence-corrected chi connectivity index (χ0v) is 14.0. The van der Waals surface area contributed by atoms with Crippen LogP contribution in [0.2, 0.25) is 0 Å². The van der Waals surface area contributed by atoms with Crippen LogP contribution in [0.3, 0.4) is 0 Å². The Morgan fingerprint density at radius 2 is 1.76 bits per heavy atom. The molecule has 0 bridgehead atoms. The predicted octanol–water partition coefficient (Wildman–Crippen LogP) is 1.36. The minimum absolute atomic E-state index is 0. The van der Waals surface area contributed by atoms with E-state index in [2.05, 4.69) is 4.99 Å².